The first-order valence-electron chi connectivity index (χ1n) is 6.81. The van der Waals surface area contributed by atoms with E-state index in [0.717, 1.165) is 0 Å². The van der Waals surface area contributed by atoms with Crippen LogP contribution in [-0.2, 0) is 0 Å². The molecule has 8 nitrogen and oxygen atoms in total. The zero-order valence-electron chi connectivity index (χ0n) is 11.9. The second-order valence-electron chi connectivity index (χ2n) is 4.85. The van der Waals surface area contributed by atoms with Crippen molar-refractivity contribution in [1.82, 2.24) is 14.6 Å². The van der Waals surface area contributed by atoms with Gasteiger partial charge in [-0.15, -0.1) is 0 Å². The molecule has 4 aromatic rings. The van der Waals surface area contributed by atoms with Gasteiger partial charge in [0, 0.05) is 12.1 Å². The number of nitrogens with zero attached hydrogens (tertiary/aromatic N) is 4. The first-order chi connectivity index (χ1) is 11.6. The molecule has 9 heteroatoms. The maximum absolute atomic E-state index is 12.1. The molecule has 0 bridgehead atoms. The van der Waals surface area contributed by atoms with E-state index in [4.69, 9.17) is 4.42 Å². The van der Waals surface area contributed by atoms with Crippen LogP contribution in [0.15, 0.2) is 51.9 Å². The van der Waals surface area contributed by atoms with Gasteiger partial charge in [-0.3, -0.25) is 14.9 Å². The highest BCUT2D eigenvalue weighted by Gasteiger charge is 2.17. The van der Waals surface area contributed by atoms with E-state index in [1.165, 1.54) is 28.2 Å². The van der Waals surface area contributed by atoms with Crippen LogP contribution in [0.3, 0.4) is 0 Å². The van der Waals surface area contributed by atoms with Crippen molar-refractivity contribution >= 4 is 28.1 Å². The van der Waals surface area contributed by atoms with Crippen molar-refractivity contribution in [2.45, 2.75) is 0 Å². The number of rotatable bonds is 3. The standard InChI is InChI=1S/C15H8N4O4S/c20-14-13(24-15-16-8-17-18(14)15)7-9-5-6-12(23-9)10-3-1-2-4-11(10)19(21)22/h1-8H. The molecular formula is C15H8N4O4S. The van der Waals surface area contributed by atoms with Gasteiger partial charge in [0.15, 0.2) is 0 Å². The van der Waals surface area contributed by atoms with E-state index < -0.39 is 4.92 Å². The summed E-state index contributed by atoms with van der Waals surface area (Å²) in [4.78, 5) is 27.2. The number of hydrogen-bond acceptors (Lipinski definition) is 7. The van der Waals surface area contributed by atoms with Gasteiger partial charge in [0.25, 0.3) is 11.2 Å². The number of fused-ring (bicyclic) bond motifs is 1. The van der Waals surface area contributed by atoms with E-state index in [1.807, 2.05) is 0 Å². The van der Waals surface area contributed by atoms with E-state index in [-0.39, 0.29) is 11.2 Å². The maximum Gasteiger partial charge on any atom is 0.291 e. The summed E-state index contributed by atoms with van der Waals surface area (Å²) in [6.07, 6.45) is 2.89. The number of nitro benzene ring substituents is 1. The average Bonchev–Trinajstić information content (AvgIpc) is 3.28. The molecule has 0 unspecified atom stereocenters. The fourth-order valence-electron chi connectivity index (χ4n) is 2.32. The zero-order valence-corrected chi connectivity index (χ0v) is 12.8. The maximum atomic E-state index is 12.1. The van der Waals surface area contributed by atoms with E-state index >= 15 is 0 Å². The van der Waals surface area contributed by atoms with Crippen LogP contribution in [0, 0.1) is 10.1 Å². The smallest absolute Gasteiger partial charge is 0.291 e. The molecule has 1 aromatic carbocycles. The van der Waals surface area contributed by atoms with E-state index in [0.29, 0.717) is 26.6 Å². The van der Waals surface area contributed by atoms with Gasteiger partial charge in [-0.25, -0.2) is 4.98 Å². The third-order valence-corrected chi connectivity index (χ3v) is 4.36. The zero-order chi connectivity index (χ0) is 16.7. The highest BCUT2D eigenvalue weighted by Crippen LogP contribution is 2.30. The van der Waals surface area contributed by atoms with Crippen LogP contribution in [0.1, 0.15) is 5.76 Å². The number of thiazole rings is 1. The molecule has 0 amide bonds. The number of para-hydroxylation sites is 1. The van der Waals surface area contributed by atoms with Gasteiger partial charge in [-0.05, 0) is 18.2 Å². The van der Waals surface area contributed by atoms with Crippen molar-refractivity contribution in [2.24, 2.45) is 0 Å². The summed E-state index contributed by atoms with van der Waals surface area (Å²) in [5, 5.41) is 14.9. The quantitative estimate of drug-likeness (QED) is 0.416. The molecule has 0 aliphatic rings. The molecule has 0 fully saturated rings. The van der Waals surface area contributed by atoms with Crippen LogP contribution >= 0.6 is 11.3 Å². The monoisotopic (exact) mass is 340 g/mol. The minimum atomic E-state index is -0.461. The molecule has 0 radical (unpaired) electrons. The summed E-state index contributed by atoms with van der Waals surface area (Å²) >= 11 is 1.19. The van der Waals surface area contributed by atoms with Gasteiger partial charge in [0.2, 0.25) is 4.96 Å². The van der Waals surface area contributed by atoms with Gasteiger partial charge in [-0.2, -0.15) is 9.61 Å². The predicted molar refractivity (Wildman–Crippen MR) is 86.7 cm³/mol. The summed E-state index contributed by atoms with van der Waals surface area (Å²) in [5.74, 6) is 0.783. The predicted octanol–water partition coefficient (Wildman–Crippen LogP) is 1.87. The van der Waals surface area contributed by atoms with Gasteiger partial charge in [-0.1, -0.05) is 23.5 Å². The second-order valence-corrected chi connectivity index (χ2v) is 5.86. The number of aromatic nitrogens is 3. The van der Waals surface area contributed by atoms with Crippen LogP contribution in [0.4, 0.5) is 5.69 Å². The Hall–Kier alpha value is -3.33. The molecule has 0 saturated carbocycles. The average molecular weight is 340 g/mol. The molecule has 3 aromatic heterocycles. The lowest BCUT2D eigenvalue weighted by Crippen LogP contribution is -2.23. The fraction of sp³-hybridized carbons (Fsp3) is 0. The summed E-state index contributed by atoms with van der Waals surface area (Å²) in [7, 11) is 0. The Balaban J connectivity index is 1.80. The largest absolute Gasteiger partial charge is 0.456 e. The van der Waals surface area contributed by atoms with Crippen LogP contribution < -0.4 is 10.1 Å². The highest BCUT2D eigenvalue weighted by atomic mass is 32.1. The highest BCUT2D eigenvalue weighted by molar-refractivity contribution is 7.15. The summed E-state index contributed by atoms with van der Waals surface area (Å²) in [6, 6.07) is 9.61. The molecule has 0 aliphatic heterocycles. The molecule has 118 valence electrons. The minimum Gasteiger partial charge on any atom is -0.456 e. The fourth-order valence-corrected chi connectivity index (χ4v) is 3.18. The normalized spacial score (nSPS) is 12.1. The molecule has 24 heavy (non-hydrogen) atoms. The second kappa shape index (κ2) is 5.39. The molecule has 0 saturated heterocycles. The SMILES string of the molecule is O=c1c(=Cc2ccc(-c3ccccc3[N+](=O)[O-])o2)sc2ncnn12. The molecular weight excluding hydrogens is 332 g/mol. The van der Waals surface area contributed by atoms with Gasteiger partial charge in [0.1, 0.15) is 22.4 Å². The summed E-state index contributed by atoms with van der Waals surface area (Å²) in [5.41, 5.74) is 0.0602. The van der Waals surface area contributed by atoms with E-state index in [9.17, 15) is 14.9 Å². The minimum absolute atomic E-state index is 0.0401. The van der Waals surface area contributed by atoms with Crippen molar-refractivity contribution in [3.63, 3.8) is 0 Å². The Bertz CT molecular complexity index is 1170. The number of benzene rings is 1. The van der Waals surface area contributed by atoms with Crippen molar-refractivity contribution < 1.29 is 9.34 Å². The number of nitro groups is 1. The third-order valence-electron chi connectivity index (χ3n) is 3.39. The number of furan rings is 1. The molecule has 3 heterocycles. The Morgan fingerprint density at radius 2 is 2.08 bits per heavy atom. The lowest BCUT2D eigenvalue weighted by molar-refractivity contribution is -0.384. The van der Waals surface area contributed by atoms with Crippen LogP contribution in [0.25, 0.3) is 22.4 Å². The molecule has 0 spiro atoms. The third kappa shape index (κ3) is 2.27. The molecule has 0 aliphatic carbocycles. The Morgan fingerprint density at radius 3 is 2.88 bits per heavy atom. The first-order valence-corrected chi connectivity index (χ1v) is 7.63. The number of hydrogen-bond donors (Lipinski definition) is 0. The van der Waals surface area contributed by atoms with Crippen LogP contribution in [-0.4, -0.2) is 19.5 Å². The van der Waals surface area contributed by atoms with Gasteiger partial charge in [0.05, 0.1) is 10.5 Å². The van der Waals surface area contributed by atoms with E-state index in [1.54, 1.807) is 36.4 Å². The van der Waals surface area contributed by atoms with Crippen LogP contribution in [0.5, 0.6) is 0 Å². The van der Waals surface area contributed by atoms with E-state index in [2.05, 4.69) is 10.1 Å². The molecule has 4 rings (SSSR count). The molecule has 0 atom stereocenters. The first kappa shape index (κ1) is 14.3. The Kier molecular flexibility index (Phi) is 3.21. The Morgan fingerprint density at radius 1 is 1.25 bits per heavy atom. The van der Waals surface area contributed by atoms with Crippen molar-refractivity contribution in [1.29, 1.82) is 0 Å². The van der Waals surface area contributed by atoms with Crippen LogP contribution in [0.2, 0.25) is 0 Å². The van der Waals surface area contributed by atoms with Gasteiger partial charge >= 0.3 is 0 Å². The molecule has 0 N–H and O–H groups in total. The van der Waals surface area contributed by atoms with Gasteiger partial charge < -0.3 is 4.42 Å². The summed E-state index contributed by atoms with van der Waals surface area (Å²) in [6.45, 7) is 0. The van der Waals surface area contributed by atoms with Crippen molar-refractivity contribution in [3.05, 3.63) is 73.5 Å². The van der Waals surface area contributed by atoms with Crippen molar-refractivity contribution in [2.75, 3.05) is 0 Å². The lowest BCUT2D eigenvalue weighted by Gasteiger charge is -1.98. The topological polar surface area (TPSA) is 104 Å². The lowest BCUT2D eigenvalue weighted by atomic mass is 10.1. The summed E-state index contributed by atoms with van der Waals surface area (Å²) < 4.78 is 7.29. The van der Waals surface area contributed by atoms with Crippen molar-refractivity contribution in [3.8, 4) is 11.3 Å². The Labute approximate surface area is 137 Å².